The maximum Gasteiger partial charge on any atom is 0.416 e. The Morgan fingerprint density at radius 2 is 1.67 bits per heavy atom. The predicted octanol–water partition coefficient (Wildman–Crippen LogP) is 3.55. The van der Waals surface area contributed by atoms with Gasteiger partial charge in [-0.2, -0.15) is 13.2 Å². The van der Waals surface area contributed by atoms with E-state index in [0.717, 1.165) is 25.0 Å². The maximum atomic E-state index is 12.5. The lowest BCUT2D eigenvalue weighted by atomic mass is 9.96. The average molecular weight is 498 g/mol. The molecule has 1 saturated carbocycles. The third-order valence-electron chi connectivity index (χ3n) is 4.35. The molecule has 1 aliphatic carbocycles. The van der Waals surface area contributed by atoms with Gasteiger partial charge in [-0.25, -0.2) is 0 Å². The molecule has 1 aromatic carbocycles. The second kappa shape index (κ2) is 11.4. The Labute approximate surface area is 174 Å². The summed E-state index contributed by atoms with van der Waals surface area (Å²) in [5, 5.41) is 9.17. The summed E-state index contributed by atoms with van der Waals surface area (Å²) in [6, 6.07) is 4.59. The van der Waals surface area contributed by atoms with Crippen LogP contribution in [0.5, 0.6) is 0 Å². The van der Waals surface area contributed by atoms with E-state index >= 15 is 0 Å². The van der Waals surface area contributed by atoms with Crippen molar-refractivity contribution < 1.29 is 18.0 Å². The van der Waals surface area contributed by atoms with Crippen LogP contribution in [-0.4, -0.2) is 38.0 Å². The Kier molecular flexibility index (Phi) is 9.89. The first-order valence-corrected chi connectivity index (χ1v) is 8.83. The smallest absolute Gasteiger partial charge is 0.355 e. The third-order valence-corrected chi connectivity index (χ3v) is 4.35. The first-order valence-electron chi connectivity index (χ1n) is 8.83. The second-order valence-corrected chi connectivity index (χ2v) is 6.31. The Morgan fingerprint density at radius 1 is 1.07 bits per heavy atom. The number of guanidine groups is 1. The van der Waals surface area contributed by atoms with Gasteiger partial charge < -0.3 is 16.0 Å². The van der Waals surface area contributed by atoms with Crippen LogP contribution in [0.15, 0.2) is 29.3 Å². The van der Waals surface area contributed by atoms with Gasteiger partial charge in [-0.3, -0.25) is 9.79 Å². The summed E-state index contributed by atoms with van der Waals surface area (Å²) >= 11 is 0. The highest BCUT2D eigenvalue weighted by Crippen LogP contribution is 2.29. The van der Waals surface area contributed by atoms with Crippen LogP contribution in [0.2, 0.25) is 0 Å². The molecular weight excluding hydrogens is 472 g/mol. The summed E-state index contributed by atoms with van der Waals surface area (Å²) in [4.78, 5) is 16.1. The van der Waals surface area contributed by atoms with Crippen molar-refractivity contribution in [2.75, 3.05) is 20.1 Å². The number of alkyl halides is 3. The largest absolute Gasteiger partial charge is 0.416 e. The average Bonchev–Trinajstić information content (AvgIpc) is 2.64. The van der Waals surface area contributed by atoms with Crippen LogP contribution in [-0.2, 0) is 6.18 Å². The van der Waals surface area contributed by atoms with Crippen molar-refractivity contribution in [3.63, 3.8) is 0 Å². The van der Waals surface area contributed by atoms with Crippen molar-refractivity contribution in [3.8, 4) is 0 Å². The number of halogens is 4. The summed E-state index contributed by atoms with van der Waals surface area (Å²) in [5.74, 6) is 0.288. The summed E-state index contributed by atoms with van der Waals surface area (Å²) in [6.45, 7) is 0.810. The zero-order valence-corrected chi connectivity index (χ0v) is 17.6. The SMILES string of the molecule is CN=C(NCCNC(=O)c1ccc(C(F)(F)F)cc1)NC1CCCCC1.I. The number of hydrogen-bond donors (Lipinski definition) is 3. The molecule has 0 bridgehead atoms. The molecular formula is C18H26F3IN4O. The van der Waals surface area contributed by atoms with Crippen LogP contribution < -0.4 is 16.0 Å². The Bertz CT molecular complexity index is 614. The molecule has 1 amide bonds. The number of amides is 1. The Balaban J connectivity index is 0.00000364. The van der Waals surface area contributed by atoms with E-state index in [2.05, 4.69) is 20.9 Å². The fourth-order valence-electron chi connectivity index (χ4n) is 2.90. The highest BCUT2D eigenvalue weighted by atomic mass is 127. The molecule has 5 nitrogen and oxygen atoms in total. The number of benzene rings is 1. The summed E-state index contributed by atoms with van der Waals surface area (Å²) in [5.41, 5.74) is -0.573. The van der Waals surface area contributed by atoms with Gasteiger partial charge in [0.15, 0.2) is 5.96 Å². The molecule has 152 valence electrons. The molecule has 0 unspecified atom stereocenters. The number of carbonyl (C=O) groups is 1. The van der Waals surface area contributed by atoms with Crippen LogP contribution >= 0.6 is 24.0 Å². The Hall–Kier alpha value is -1.52. The van der Waals surface area contributed by atoms with Gasteiger partial charge in [-0.15, -0.1) is 24.0 Å². The zero-order chi connectivity index (χ0) is 19.0. The molecule has 3 N–H and O–H groups in total. The molecule has 1 fully saturated rings. The molecule has 9 heteroatoms. The van der Waals surface area contributed by atoms with Gasteiger partial charge in [-0.1, -0.05) is 19.3 Å². The molecule has 0 aromatic heterocycles. The van der Waals surface area contributed by atoms with Crippen molar-refractivity contribution in [1.29, 1.82) is 0 Å². The van der Waals surface area contributed by atoms with Gasteiger partial charge in [0.05, 0.1) is 5.56 Å². The van der Waals surface area contributed by atoms with E-state index in [9.17, 15) is 18.0 Å². The molecule has 0 aliphatic heterocycles. The van der Waals surface area contributed by atoms with Gasteiger partial charge in [-0.05, 0) is 37.1 Å². The lowest BCUT2D eigenvalue weighted by Gasteiger charge is -2.24. The van der Waals surface area contributed by atoms with E-state index in [1.54, 1.807) is 7.05 Å². The van der Waals surface area contributed by atoms with Crippen molar-refractivity contribution in [2.45, 2.75) is 44.3 Å². The standard InChI is InChI=1S/C18H25F3N4O.HI/c1-22-17(25-15-5-3-2-4-6-15)24-12-11-23-16(26)13-7-9-14(10-8-13)18(19,20)21;/h7-10,15H,2-6,11-12H2,1H3,(H,23,26)(H2,22,24,25);1H. The van der Waals surface area contributed by atoms with Crippen LogP contribution in [0.4, 0.5) is 13.2 Å². The number of nitrogens with zero attached hydrogens (tertiary/aromatic N) is 1. The molecule has 0 atom stereocenters. The van der Waals surface area contributed by atoms with Gasteiger partial charge >= 0.3 is 6.18 Å². The lowest BCUT2D eigenvalue weighted by Crippen LogP contribution is -2.46. The topological polar surface area (TPSA) is 65.5 Å². The van der Waals surface area contributed by atoms with Gasteiger partial charge in [0.25, 0.3) is 5.91 Å². The second-order valence-electron chi connectivity index (χ2n) is 6.31. The monoisotopic (exact) mass is 498 g/mol. The van der Waals surface area contributed by atoms with Gasteiger partial charge in [0, 0.05) is 31.7 Å². The van der Waals surface area contributed by atoms with E-state index in [-0.39, 0.29) is 29.5 Å². The van der Waals surface area contributed by atoms with Crippen molar-refractivity contribution in [3.05, 3.63) is 35.4 Å². The third kappa shape index (κ3) is 7.94. The van der Waals surface area contributed by atoms with Crippen LogP contribution in [0.1, 0.15) is 48.0 Å². The molecule has 0 radical (unpaired) electrons. The van der Waals surface area contributed by atoms with E-state index in [4.69, 9.17) is 0 Å². The minimum Gasteiger partial charge on any atom is -0.355 e. The van der Waals surface area contributed by atoms with Crippen molar-refractivity contribution in [2.24, 2.45) is 4.99 Å². The van der Waals surface area contributed by atoms with E-state index < -0.39 is 17.6 Å². The first-order chi connectivity index (χ1) is 12.4. The van der Waals surface area contributed by atoms with Gasteiger partial charge in [0.2, 0.25) is 0 Å². The molecule has 0 heterocycles. The summed E-state index contributed by atoms with van der Waals surface area (Å²) in [7, 11) is 1.69. The molecule has 2 rings (SSSR count). The van der Waals surface area contributed by atoms with Crippen LogP contribution in [0.3, 0.4) is 0 Å². The van der Waals surface area contributed by atoms with Crippen LogP contribution in [0.25, 0.3) is 0 Å². The zero-order valence-electron chi connectivity index (χ0n) is 15.2. The van der Waals surface area contributed by atoms with Crippen LogP contribution in [0, 0.1) is 0 Å². The number of hydrogen-bond acceptors (Lipinski definition) is 2. The normalized spacial score (nSPS) is 15.6. The quantitative estimate of drug-likeness (QED) is 0.252. The number of rotatable bonds is 5. The van der Waals surface area contributed by atoms with Gasteiger partial charge in [0.1, 0.15) is 0 Å². The van der Waals surface area contributed by atoms with E-state index in [0.29, 0.717) is 25.1 Å². The Morgan fingerprint density at radius 3 is 2.22 bits per heavy atom. The summed E-state index contributed by atoms with van der Waals surface area (Å²) in [6.07, 6.45) is 1.58. The van der Waals surface area contributed by atoms with E-state index in [1.165, 1.54) is 31.4 Å². The van der Waals surface area contributed by atoms with E-state index in [1.807, 2.05) is 0 Å². The number of carbonyl (C=O) groups excluding carboxylic acids is 1. The summed E-state index contributed by atoms with van der Waals surface area (Å²) < 4.78 is 37.6. The lowest BCUT2D eigenvalue weighted by molar-refractivity contribution is -0.137. The fraction of sp³-hybridized carbons (Fsp3) is 0.556. The highest BCUT2D eigenvalue weighted by molar-refractivity contribution is 14.0. The van der Waals surface area contributed by atoms with Crippen molar-refractivity contribution >= 4 is 35.8 Å². The highest BCUT2D eigenvalue weighted by Gasteiger charge is 2.30. The minimum absolute atomic E-state index is 0. The first kappa shape index (κ1) is 23.5. The maximum absolute atomic E-state index is 12.5. The molecule has 27 heavy (non-hydrogen) atoms. The number of aliphatic imine (C=N–C) groups is 1. The molecule has 0 spiro atoms. The predicted molar refractivity (Wildman–Crippen MR) is 111 cm³/mol. The molecule has 1 aromatic rings. The molecule has 1 aliphatic rings. The molecule has 0 saturated heterocycles. The minimum atomic E-state index is -4.40. The van der Waals surface area contributed by atoms with Crippen molar-refractivity contribution in [1.82, 2.24) is 16.0 Å². The number of nitrogens with one attached hydrogen (secondary N) is 3. The fourth-order valence-corrected chi connectivity index (χ4v) is 2.90.